The molecular formula is C17H31N3. The van der Waals surface area contributed by atoms with Gasteiger partial charge in [-0.1, -0.05) is 47.0 Å². The Kier molecular flexibility index (Phi) is 7.42. The maximum absolute atomic E-state index is 4.33. The van der Waals surface area contributed by atoms with Crippen LogP contribution in [0.15, 0.2) is 18.3 Å². The summed E-state index contributed by atoms with van der Waals surface area (Å²) in [4.78, 5) is 4.33. The molecule has 0 amide bonds. The number of aromatic nitrogens is 1. The first-order chi connectivity index (χ1) is 9.57. The summed E-state index contributed by atoms with van der Waals surface area (Å²) >= 11 is 0. The van der Waals surface area contributed by atoms with Gasteiger partial charge in [0.05, 0.1) is 0 Å². The number of anilines is 2. The SMILES string of the molecule is CCCCCC(C)(C)CNc1ccnc(NCCC)c1. The molecule has 0 unspecified atom stereocenters. The molecule has 0 saturated carbocycles. The Labute approximate surface area is 124 Å². The van der Waals surface area contributed by atoms with E-state index in [-0.39, 0.29) is 0 Å². The molecule has 20 heavy (non-hydrogen) atoms. The first-order valence-electron chi connectivity index (χ1n) is 8.01. The van der Waals surface area contributed by atoms with Crippen molar-refractivity contribution in [1.82, 2.24) is 4.98 Å². The third-order valence-electron chi connectivity index (χ3n) is 3.54. The van der Waals surface area contributed by atoms with Gasteiger partial charge < -0.3 is 10.6 Å². The number of rotatable bonds is 10. The van der Waals surface area contributed by atoms with Gasteiger partial charge in [0.25, 0.3) is 0 Å². The lowest BCUT2D eigenvalue weighted by Gasteiger charge is -2.25. The number of hydrogen-bond donors (Lipinski definition) is 2. The van der Waals surface area contributed by atoms with Crippen LogP contribution in [0.5, 0.6) is 0 Å². The van der Waals surface area contributed by atoms with E-state index < -0.39 is 0 Å². The van der Waals surface area contributed by atoms with Crippen molar-refractivity contribution >= 4 is 11.5 Å². The normalized spacial score (nSPS) is 11.4. The molecule has 0 fully saturated rings. The second kappa shape index (κ2) is 8.83. The molecule has 0 atom stereocenters. The zero-order chi connectivity index (χ0) is 14.8. The molecule has 0 aromatic carbocycles. The number of nitrogens with zero attached hydrogens (tertiary/aromatic N) is 1. The first kappa shape index (κ1) is 16.8. The van der Waals surface area contributed by atoms with Crippen LogP contribution in [0, 0.1) is 5.41 Å². The summed E-state index contributed by atoms with van der Waals surface area (Å²) < 4.78 is 0. The highest BCUT2D eigenvalue weighted by molar-refractivity contribution is 5.51. The van der Waals surface area contributed by atoms with Crippen LogP contribution in [-0.2, 0) is 0 Å². The Morgan fingerprint density at radius 2 is 1.90 bits per heavy atom. The van der Waals surface area contributed by atoms with Gasteiger partial charge in [-0.25, -0.2) is 4.98 Å². The van der Waals surface area contributed by atoms with Crippen molar-refractivity contribution in [2.75, 3.05) is 23.7 Å². The average Bonchev–Trinajstić information content (AvgIpc) is 2.44. The van der Waals surface area contributed by atoms with Gasteiger partial charge in [0.2, 0.25) is 0 Å². The summed E-state index contributed by atoms with van der Waals surface area (Å²) in [5.41, 5.74) is 1.50. The molecule has 0 aliphatic heterocycles. The molecule has 0 bridgehead atoms. The highest BCUT2D eigenvalue weighted by Crippen LogP contribution is 2.24. The Bertz CT molecular complexity index is 374. The van der Waals surface area contributed by atoms with Crippen molar-refractivity contribution in [3.8, 4) is 0 Å². The van der Waals surface area contributed by atoms with E-state index in [0.717, 1.165) is 31.0 Å². The molecule has 1 aromatic heterocycles. The predicted molar refractivity (Wildman–Crippen MR) is 89.4 cm³/mol. The third-order valence-corrected chi connectivity index (χ3v) is 3.54. The lowest BCUT2D eigenvalue weighted by molar-refractivity contribution is 0.342. The molecule has 1 aromatic rings. The molecule has 2 N–H and O–H groups in total. The minimum absolute atomic E-state index is 0.343. The lowest BCUT2D eigenvalue weighted by atomic mass is 9.87. The summed E-state index contributed by atoms with van der Waals surface area (Å²) in [6.45, 7) is 11.1. The van der Waals surface area contributed by atoms with Crippen LogP contribution in [-0.4, -0.2) is 18.1 Å². The largest absolute Gasteiger partial charge is 0.384 e. The van der Waals surface area contributed by atoms with Crippen molar-refractivity contribution in [3.05, 3.63) is 18.3 Å². The van der Waals surface area contributed by atoms with E-state index in [4.69, 9.17) is 0 Å². The molecule has 114 valence electrons. The van der Waals surface area contributed by atoms with Crippen LogP contribution in [0.4, 0.5) is 11.5 Å². The predicted octanol–water partition coefficient (Wildman–Crippen LogP) is 4.92. The van der Waals surface area contributed by atoms with E-state index in [9.17, 15) is 0 Å². The van der Waals surface area contributed by atoms with Crippen LogP contribution >= 0.6 is 0 Å². The molecule has 0 radical (unpaired) electrons. The van der Waals surface area contributed by atoms with Crippen LogP contribution in [0.1, 0.15) is 59.8 Å². The van der Waals surface area contributed by atoms with E-state index in [0.29, 0.717) is 5.41 Å². The van der Waals surface area contributed by atoms with Gasteiger partial charge in [0.1, 0.15) is 5.82 Å². The highest BCUT2D eigenvalue weighted by Gasteiger charge is 2.16. The summed E-state index contributed by atoms with van der Waals surface area (Å²) in [5.74, 6) is 0.959. The number of nitrogens with one attached hydrogen (secondary N) is 2. The standard InChI is InChI=1S/C17H31N3/c1-5-7-8-10-17(3,4)14-20-15-9-12-19-16(13-15)18-11-6-2/h9,12-13H,5-8,10-11,14H2,1-4H3,(H2,18,19,20). The van der Waals surface area contributed by atoms with Crippen molar-refractivity contribution in [2.24, 2.45) is 5.41 Å². The number of pyridine rings is 1. The van der Waals surface area contributed by atoms with Crippen LogP contribution < -0.4 is 10.6 Å². The smallest absolute Gasteiger partial charge is 0.127 e. The maximum Gasteiger partial charge on any atom is 0.127 e. The van der Waals surface area contributed by atoms with Gasteiger partial charge >= 0.3 is 0 Å². The average molecular weight is 277 g/mol. The Morgan fingerprint density at radius 3 is 2.60 bits per heavy atom. The third kappa shape index (κ3) is 6.78. The quantitative estimate of drug-likeness (QED) is 0.596. The molecule has 1 rings (SSSR count). The molecular weight excluding hydrogens is 246 g/mol. The van der Waals surface area contributed by atoms with Crippen molar-refractivity contribution in [3.63, 3.8) is 0 Å². The van der Waals surface area contributed by atoms with Gasteiger partial charge in [-0.05, 0) is 24.3 Å². The van der Waals surface area contributed by atoms with Gasteiger partial charge in [-0.3, -0.25) is 0 Å². The minimum atomic E-state index is 0.343. The summed E-state index contributed by atoms with van der Waals surface area (Å²) in [6, 6.07) is 4.14. The fraction of sp³-hybridized carbons (Fsp3) is 0.706. The van der Waals surface area contributed by atoms with Gasteiger partial charge in [0.15, 0.2) is 0 Å². The van der Waals surface area contributed by atoms with E-state index >= 15 is 0 Å². The highest BCUT2D eigenvalue weighted by atomic mass is 15.0. The van der Waals surface area contributed by atoms with Crippen molar-refractivity contribution < 1.29 is 0 Å². The van der Waals surface area contributed by atoms with Crippen molar-refractivity contribution in [2.45, 2.75) is 59.8 Å². The van der Waals surface area contributed by atoms with Gasteiger partial charge in [-0.2, -0.15) is 0 Å². The van der Waals surface area contributed by atoms with Crippen LogP contribution in [0.3, 0.4) is 0 Å². The molecule has 0 aliphatic rings. The van der Waals surface area contributed by atoms with E-state index in [2.05, 4.69) is 49.4 Å². The molecule has 3 heteroatoms. The van der Waals surface area contributed by atoms with Crippen LogP contribution in [0.2, 0.25) is 0 Å². The molecule has 0 saturated heterocycles. The van der Waals surface area contributed by atoms with E-state index in [1.165, 1.54) is 25.7 Å². The maximum atomic E-state index is 4.33. The lowest BCUT2D eigenvalue weighted by Crippen LogP contribution is -2.23. The molecule has 3 nitrogen and oxygen atoms in total. The zero-order valence-electron chi connectivity index (χ0n) is 13.6. The summed E-state index contributed by atoms with van der Waals surface area (Å²) in [7, 11) is 0. The Balaban J connectivity index is 2.43. The van der Waals surface area contributed by atoms with E-state index in [1.807, 2.05) is 12.3 Å². The first-order valence-corrected chi connectivity index (χ1v) is 8.01. The number of hydrogen-bond acceptors (Lipinski definition) is 3. The van der Waals surface area contributed by atoms with E-state index in [1.54, 1.807) is 0 Å². The summed E-state index contributed by atoms with van der Waals surface area (Å²) in [6.07, 6.45) is 8.21. The molecule has 0 spiro atoms. The number of unbranched alkanes of at least 4 members (excludes halogenated alkanes) is 2. The fourth-order valence-corrected chi connectivity index (χ4v) is 2.17. The molecule has 0 aliphatic carbocycles. The second-order valence-corrected chi connectivity index (χ2v) is 6.33. The second-order valence-electron chi connectivity index (χ2n) is 6.33. The summed E-state index contributed by atoms with van der Waals surface area (Å²) in [5, 5.41) is 6.87. The monoisotopic (exact) mass is 277 g/mol. The Morgan fingerprint density at radius 1 is 1.10 bits per heavy atom. The minimum Gasteiger partial charge on any atom is -0.384 e. The van der Waals surface area contributed by atoms with Crippen molar-refractivity contribution in [1.29, 1.82) is 0 Å². The molecule has 1 heterocycles. The van der Waals surface area contributed by atoms with Crippen LogP contribution in [0.25, 0.3) is 0 Å². The van der Waals surface area contributed by atoms with Gasteiger partial charge in [-0.15, -0.1) is 0 Å². The topological polar surface area (TPSA) is 37.0 Å². The zero-order valence-corrected chi connectivity index (χ0v) is 13.6. The fourth-order valence-electron chi connectivity index (χ4n) is 2.17. The Hall–Kier alpha value is -1.25. The van der Waals surface area contributed by atoms with Gasteiger partial charge in [0, 0.05) is 31.0 Å².